The van der Waals surface area contributed by atoms with Gasteiger partial charge < -0.3 is 15.8 Å². The minimum absolute atomic E-state index is 0. The summed E-state index contributed by atoms with van der Waals surface area (Å²) in [6, 6.07) is 9.46. The van der Waals surface area contributed by atoms with Crippen LogP contribution < -0.4 is 15.8 Å². The summed E-state index contributed by atoms with van der Waals surface area (Å²) in [7, 11) is -2.14. The molecule has 154 valence electrons. The number of rotatable bonds is 7. The second kappa shape index (κ2) is 9.77. The number of hydrogen-bond acceptors (Lipinski definition) is 5. The van der Waals surface area contributed by atoms with Crippen molar-refractivity contribution in [2.75, 3.05) is 31.2 Å². The average Bonchev–Trinajstić information content (AvgIpc) is 2.62. The molecule has 2 rings (SSSR count). The molecule has 0 aromatic heterocycles. The normalized spacial score (nSPS) is 11.0. The Morgan fingerprint density at radius 2 is 1.79 bits per heavy atom. The van der Waals surface area contributed by atoms with Gasteiger partial charge in [0, 0.05) is 24.3 Å². The molecule has 0 fully saturated rings. The summed E-state index contributed by atoms with van der Waals surface area (Å²) in [4.78, 5) is 12.8. The molecule has 0 unspecified atom stereocenters. The first kappa shape index (κ1) is 23.7. The number of anilines is 2. The van der Waals surface area contributed by atoms with Gasteiger partial charge in [0.1, 0.15) is 5.75 Å². The van der Waals surface area contributed by atoms with Crippen molar-refractivity contribution in [2.24, 2.45) is 0 Å². The molecule has 0 aliphatic carbocycles. The van der Waals surface area contributed by atoms with Gasteiger partial charge in [-0.2, -0.15) is 4.31 Å². The fourth-order valence-electron chi connectivity index (χ4n) is 2.73. The van der Waals surface area contributed by atoms with Crippen LogP contribution in [0.3, 0.4) is 0 Å². The molecule has 0 heterocycles. The number of benzene rings is 2. The van der Waals surface area contributed by atoms with Gasteiger partial charge in [-0.25, -0.2) is 8.42 Å². The van der Waals surface area contributed by atoms with Crippen LogP contribution in [-0.2, 0) is 10.0 Å². The molecular formula is C19H26ClN3O4S. The maximum Gasteiger partial charge on any atom is 0.255 e. The predicted molar refractivity (Wildman–Crippen MR) is 114 cm³/mol. The van der Waals surface area contributed by atoms with E-state index in [1.54, 1.807) is 45.0 Å². The molecule has 0 aliphatic rings. The first-order valence-electron chi connectivity index (χ1n) is 8.60. The van der Waals surface area contributed by atoms with E-state index >= 15 is 0 Å². The van der Waals surface area contributed by atoms with Gasteiger partial charge in [-0.3, -0.25) is 4.79 Å². The number of sulfonamides is 1. The van der Waals surface area contributed by atoms with E-state index in [1.165, 1.54) is 23.5 Å². The lowest BCUT2D eigenvalue weighted by molar-refractivity contribution is 0.102. The van der Waals surface area contributed by atoms with Gasteiger partial charge in [0.2, 0.25) is 10.0 Å². The Kier molecular flexibility index (Phi) is 8.29. The molecule has 9 heteroatoms. The number of nitrogen functional groups attached to an aromatic ring is 1. The maximum atomic E-state index is 12.7. The number of nitrogens with one attached hydrogen (secondary N) is 1. The topological polar surface area (TPSA) is 102 Å². The van der Waals surface area contributed by atoms with Crippen molar-refractivity contribution in [1.82, 2.24) is 4.31 Å². The monoisotopic (exact) mass is 427 g/mol. The van der Waals surface area contributed by atoms with Crippen LogP contribution in [0.25, 0.3) is 0 Å². The summed E-state index contributed by atoms with van der Waals surface area (Å²) in [5, 5.41) is 2.74. The van der Waals surface area contributed by atoms with Gasteiger partial charge >= 0.3 is 0 Å². The van der Waals surface area contributed by atoms with Crippen molar-refractivity contribution in [1.29, 1.82) is 0 Å². The van der Waals surface area contributed by atoms with E-state index in [2.05, 4.69) is 5.32 Å². The molecule has 0 spiro atoms. The van der Waals surface area contributed by atoms with Crippen LogP contribution in [0.2, 0.25) is 0 Å². The maximum absolute atomic E-state index is 12.7. The molecule has 3 N–H and O–H groups in total. The molecule has 7 nitrogen and oxygen atoms in total. The Hall–Kier alpha value is -2.29. The van der Waals surface area contributed by atoms with Crippen molar-refractivity contribution in [3.63, 3.8) is 0 Å². The van der Waals surface area contributed by atoms with Gasteiger partial charge in [-0.05, 0) is 42.8 Å². The molecule has 0 radical (unpaired) electrons. The van der Waals surface area contributed by atoms with E-state index in [0.29, 0.717) is 35.8 Å². The Labute approximate surface area is 172 Å². The number of hydrogen-bond donors (Lipinski definition) is 2. The van der Waals surface area contributed by atoms with Crippen molar-refractivity contribution < 1.29 is 17.9 Å². The van der Waals surface area contributed by atoms with Crippen molar-refractivity contribution in [3.05, 3.63) is 47.5 Å². The number of methoxy groups -OCH3 is 1. The smallest absolute Gasteiger partial charge is 0.255 e. The summed E-state index contributed by atoms with van der Waals surface area (Å²) in [5.41, 5.74) is 7.71. The highest BCUT2D eigenvalue weighted by molar-refractivity contribution is 7.89. The molecule has 0 bridgehead atoms. The van der Waals surface area contributed by atoms with Crippen LogP contribution in [-0.4, -0.2) is 38.8 Å². The first-order valence-corrected chi connectivity index (χ1v) is 10.0. The fourth-order valence-corrected chi connectivity index (χ4v) is 4.21. The van der Waals surface area contributed by atoms with Crippen LogP contribution in [0.4, 0.5) is 11.4 Å². The standard InChI is InChI=1S/C19H25N3O4S.ClH/c1-5-22(6-2)27(24,25)15-9-7-13(3)16(12-15)19(23)21-14-8-10-18(26-4)17(20)11-14;/h7-12H,5-6,20H2,1-4H3,(H,21,23);1H. The fraction of sp³-hybridized carbons (Fsp3) is 0.316. The molecule has 0 aliphatic heterocycles. The van der Waals surface area contributed by atoms with Gasteiger partial charge in [0.05, 0.1) is 17.7 Å². The molecule has 2 aromatic carbocycles. The molecule has 0 atom stereocenters. The zero-order valence-electron chi connectivity index (χ0n) is 16.4. The summed E-state index contributed by atoms with van der Waals surface area (Å²) in [6.07, 6.45) is 0. The number of carbonyl (C=O) groups excluding carboxylic acids is 1. The number of nitrogens with two attached hydrogens (primary N) is 1. The average molecular weight is 428 g/mol. The highest BCUT2D eigenvalue weighted by atomic mass is 35.5. The number of ether oxygens (including phenoxy) is 1. The summed E-state index contributed by atoms with van der Waals surface area (Å²) >= 11 is 0. The van der Waals surface area contributed by atoms with E-state index in [-0.39, 0.29) is 22.9 Å². The van der Waals surface area contributed by atoms with Crippen molar-refractivity contribution in [3.8, 4) is 5.75 Å². The van der Waals surface area contributed by atoms with Crippen LogP contribution in [0.5, 0.6) is 5.75 Å². The Morgan fingerprint density at radius 1 is 1.14 bits per heavy atom. The quantitative estimate of drug-likeness (QED) is 0.660. The lowest BCUT2D eigenvalue weighted by Gasteiger charge is -2.19. The number of aryl methyl sites for hydroxylation is 1. The predicted octanol–water partition coefficient (Wildman–Crippen LogP) is 3.29. The number of halogens is 1. The second-order valence-electron chi connectivity index (χ2n) is 5.98. The van der Waals surface area contributed by atoms with E-state index < -0.39 is 15.9 Å². The van der Waals surface area contributed by atoms with Crippen LogP contribution in [0.1, 0.15) is 29.8 Å². The number of carbonyl (C=O) groups is 1. The molecule has 28 heavy (non-hydrogen) atoms. The van der Waals surface area contributed by atoms with Gasteiger partial charge in [0.25, 0.3) is 5.91 Å². The zero-order valence-corrected chi connectivity index (χ0v) is 18.0. The third-order valence-electron chi connectivity index (χ3n) is 4.28. The van der Waals surface area contributed by atoms with E-state index in [9.17, 15) is 13.2 Å². The summed E-state index contributed by atoms with van der Waals surface area (Å²) in [5.74, 6) is 0.102. The Bertz CT molecular complexity index is 944. The highest BCUT2D eigenvalue weighted by Crippen LogP contribution is 2.26. The number of nitrogens with zero attached hydrogens (tertiary/aromatic N) is 1. The highest BCUT2D eigenvalue weighted by Gasteiger charge is 2.23. The van der Waals surface area contributed by atoms with Crippen molar-refractivity contribution >= 4 is 39.7 Å². The number of amides is 1. The van der Waals surface area contributed by atoms with E-state index in [1.807, 2.05) is 0 Å². The Morgan fingerprint density at radius 3 is 2.32 bits per heavy atom. The molecular weight excluding hydrogens is 402 g/mol. The third kappa shape index (κ3) is 4.95. The molecule has 0 saturated heterocycles. The zero-order chi connectivity index (χ0) is 20.2. The van der Waals surface area contributed by atoms with Crippen LogP contribution >= 0.6 is 12.4 Å². The minimum Gasteiger partial charge on any atom is -0.495 e. The van der Waals surface area contributed by atoms with Gasteiger partial charge in [-0.15, -0.1) is 12.4 Å². The van der Waals surface area contributed by atoms with E-state index in [0.717, 1.165) is 0 Å². The molecule has 0 saturated carbocycles. The lowest BCUT2D eigenvalue weighted by atomic mass is 10.1. The largest absolute Gasteiger partial charge is 0.495 e. The van der Waals surface area contributed by atoms with Gasteiger partial charge in [-0.1, -0.05) is 19.9 Å². The second-order valence-corrected chi connectivity index (χ2v) is 7.91. The summed E-state index contributed by atoms with van der Waals surface area (Å²) < 4.78 is 31.9. The molecule has 2 aromatic rings. The van der Waals surface area contributed by atoms with E-state index in [4.69, 9.17) is 10.5 Å². The van der Waals surface area contributed by atoms with Gasteiger partial charge in [0.15, 0.2) is 0 Å². The molecule has 1 amide bonds. The van der Waals surface area contributed by atoms with Crippen LogP contribution in [0.15, 0.2) is 41.3 Å². The SMILES string of the molecule is CCN(CC)S(=O)(=O)c1ccc(C)c(C(=O)Nc2ccc(OC)c(N)c2)c1.Cl. The lowest BCUT2D eigenvalue weighted by Crippen LogP contribution is -2.30. The van der Waals surface area contributed by atoms with Crippen molar-refractivity contribution in [2.45, 2.75) is 25.7 Å². The van der Waals surface area contributed by atoms with Crippen LogP contribution in [0, 0.1) is 6.92 Å². The minimum atomic E-state index is -3.65. The summed E-state index contributed by atoms with van der Waals surface area (Å²) in [6.45, 7) is 6.03. The third-order valence-corrected chi connectivity index (χ3v) is 6.33. The first-order chi connectivity index (χ1) is 12.7. The Balaban J connectivity index is 0.00000392.